The first-order valence-electron chi connectivity index (χ1n) is 7.61. The van der Waals surface area contributed by atoms with Gasteiger partial charge in [0, 0.05) is 10.6 Å². The normalized spacial score (nSPS) is 18.7. The molecule has 2 aromatic carbocycles. The lowest BCUT2D eigenvalue weighted by atomic mass is 10.1. The van der Waals surface area contributed by atoms with Crippen LogP contribution in [0.1, 0.15) is 11.1 Å². The summed E-state index contributed by atoms with van der Waals surface area (Å²) in [6, 6.07) is 15.0. The zero-order valence-electron chi connectivity index (χ0n) is 13.5. The molecule has 1 fully saturated rings. The van der Waals surface area contributed by atoms with Crippen LogP contribution in [-0.2, 0) is 11.2 Å². The van der Waals surface area contributed by atoms with E-state index in [2.05, 4.69) is 15.5 Å². The molecule has 1 heterocycles. The summed E-state index contributed by atoms with van der Waals surface area (Å²) in [4.78, 5) is 12.1. The smallest absolute Gasteiger partial charge is 0.239 e. The summed E-state index contributed by atoms with van der Waals surface area (Å²) < 4.78 is 5.14. The summed E-state index contributed by atoms with van der Waals surface area (Å²) in [5.74, 6) is 0.732. The summed E-state index contributed by atoms with van der Waals surface area (Å²) in [7, 11) is 1.63. The topological polar surface area (TPSA) is 63.1 Å². The maximum atomic E-state index is 12.1. The fourth-order valence-corrected chi connectivity index (χ4v) is 3.44. The molecule has 7 heteroatoms. The van der Waals surface area contributed by atoms with Crippen molar-refractivity contribution < 1.29 is 9.53 Å². The second kappa shape index (κ2) is 8.18. The standard InChI is InChI=1S/C18H16ClN3O2S/c1-24-14-8-6-12(7-9-14)10-16-17(23)21-18(25-16)22-20-11-13-4-2-3-5-15(13)19/h2-9,11,16H,10H2,1H3,(H,21,22,23)/b20-11-/t16-/m0/s1. The summed E-state index contributed by atoms with van der Waals surface area (Å²) >= 11 is 7.43. The van der Waals surface area contributed by atoms with Crippen LogP contribution in [0.2, 0.25) is 5.02 Å². The van der Waals surface area contributed by atoms with Gasteiger partial charge in [0.15, 0.2) is 5.17 Å². The number of benzene rings is 2. The second-order valence-corrected chi connectivity index (χ2v) is 6.92. The molecular weight excluding hydrogens is 358 g/mol. The summed E-state index contributed by atoms with van der Waals surface area (Å²) in [6.45, 7) is 0. The molecule has 0 radical (unpaired) electrons. The van der Waals surface area contributed by atoms with Crippen molar-refractivity contribution in [2.45, 2.75) is 11.7 Å². The Bertz CT molecular complexity index is 821. The number of nitrogens with zero attached hydrogens (tertiary/aromatic N) is 2. The number of halogens is 1. The molecule has 25 heavy (non-hydrogen) atoms. The molecule has 1 aliphatic heterocycles. The molecule has 3 rings (SSSR count). The Balaban J connectivity index is 1.62. The van der Waals surface area contributed by atoms with Crippen LogP contribution in [-0.4, -0.2) is 29.6 Å². The molecule has 1 amide bonds. The molecule has 0 bridgehead atoms. The van der Waals surface area contributed by atoms with Crippen LogP contribution in [0.15, 0.2) is 58.7 Å². The Kier molecular flexibility index (Phi) is 5.73. The minimum Gasteiger partial charge on any atom is -0.497 e. The third-order valence-electron chi connectivity index (χ3n) is 3.61. The maximum absolute atomic E-state index is 12.1. The van der Waals surface area contributed by atoms with Crippen LogP contribution in [0.25, 0.3) is 0 Å². The fourth-order valence-electron chi connectivity index (χ4n) is 2.29. The van der Waals surface area contributed by atoms with Gasteiger partial charge in [0.05, 0.1) is 18.6 Å². The molecule has 0 saturated carbocycles. The molecule has 0 unspecified atom stereocenters. The van der Waals surface area contributed by atoms with Crippen molar-refractivity contribution in [1.29, 1.82) is 0 Å². The Morgan fingerprint density at radius 1 is 1.24 bits per heavy atom. The van der Waals surface area contributed by atoms with E-state index >= 15 is 0 Å². The van der Waals surface area contributed by atoms with Gasteiger partial charge in [-0.1, -0.05) is 53.7 Å². The first-order valence-corrected chi connectivity index (χ1v) is 8.87. The van der Waals surface area contributed by atoms with E-state index < -0.39 is 0 Å². The van der Waals surface area contributed by atoms with E-state index in [4.69, 9.17) is 16.3 Å². The first-order chi connectivity index (χ1) is 12.2. The number of nitrogens with one attached hydrogen (secondary N) is 1. The number of ether oxygens (including phenoxy) is 1. The first kappa shape index (κ1) is 17.5. The van der Waals surface area contributed by atoms with Crippen molar-refractivity contribution in [3.8, 4) is 5.75 Å². The molecule has 5 nitrogen and oxygen atoms in total. The molecule has 1 atom stereocenters. The van der Waals surface area contributed by atoms with Crippen LogP contribution in [0, 0.1) is 0 Å². The van der Waals surface area contributed by atoms with Crippen LogP contribution in [0.3, 0.4) is 0 Å². The van der Waals surface area contributed by atoms with Gasteiger partial charge in [-0.05, 0) is 30.2 Å². The number of rotatable bonds is 5. The van der Waals surface area contributed by atoms with Gasteiger partial charge in [0.2, 0.25) is 5.91 Å². The third-order valence-corrected chi connectivity index (χ3v) is 5.02. The SMILES string of the molecule is COc1ccc(C[C@@H]2S/C(=N/N=C\c3ccccc3Cl)NC2=O)cc1. The molecule has 0 spiro atoms. The maximum Gasteiger partial charge on any atom is 0.239 e. The monoisotopic (exact) mass is 373 g/mol. The van der Waals surface area contributed by atoms with E-state index in [1.165, 1.54) is 11.8 Å². The zero-order chi connectivity index (χ0) is 17.6. The van der Waals surface area contributed by atoms with E-state index in [-0.39, 0.29) is 11.2 Å². The number of methoxy groups -OCH3 is 1. The number of thioether (sulfide) groups is 1. The van der Waals surface area contributed by atoms with Gasteiger partial charge in [-0.25, -0.2) is 0 Å². The lowest BCUT2D eigenvalue weighted by Gasteiger charge is -2.06. The lowest BCUT2D eigenvalue weighted by molar-refractivity contribution is -0.118. The van der Waals surface area contributed by atoms with E-state index in [0.717, 1.165) is 16.9 Å². The highest BCUT2D eigenvalue weighted by Gasteiger charge is 2.30. The minimum atomic E-state index is -0.220. The number of amides is 1. The Morgan fingerprint density at radius 3 is 2.72 bits per heavy atom. The molecule has 0 aromatic heterocycles. The summed E-state index contributed by atoms with van der Waals surface area (Å²) in [5.41, 5.74) is 1.84. The molecular formula is C18H16ClN3O2S. The van der Waals surface area contributed by atoms with Gasteiger partial charge in [-0.15, -0.1) is 5.10 Å². The van der Waals surface area contributed by atoms with Crippen molar-refractivity contribution >= 4 is 40.7 Å². The Morgan fingerprint density at radius 2 is 2.00 bits per heavy atom. The summed E-state index contributed by atoms with van der Waals surface area (Å²) in [6.07, 6.45) is 2.19. The number of hydrogen-bond acceptors (Lipinski definition) is 5. The Hall–Kier alpha value is -2.31. The Labute approximate surface area is 155 Å². The molecule has 1 aliphatic rings. The molecule has 1 N–H and O–H groups in total. The van der Waals surface area contributed by atoms with E-state index in [9.17, 15) is 4.79 Å². The molecule has 2 aromatic rings. The quantitative estimate of drug-likeness (QED) is 0.644. The fraction of sp³-hybridized carbons (Fsp3) is 0.167. The predicted octanol–water partition coefficient (Wildman–Crippen LogP) is 3.51. The zero-order valence-corrected chi connectivity index (χ0v) is 15.1. The average molecular weight is 374 g/mol. The number of carbonyl (C=O) groups is 1. The highest BCUT2D eigenvalue weighted by molar-refractivity contribution is 8.15. The van der Waals surface area contributed by atoms with Gasteiger partial charge in [0.25, 0.3) is 0 Å². The average Bonchev–Trinajstić information content (AvgIpc) is 2.97. The highest BCUT2D eigenvalue weighted by Crippen LogP contribution is 2.24. The largest absolute Gasteiger partial charge is 0.497 e. The molecule has 1 saturated heterocycles. The van der Waals surface area contributed by atoms with Crippen molar-refractivity contribution in [2.75, 3.05) is 7.11 Å². The summed E-state index contributed by atoms with van der Waals surface area (Å²) in [5, 5.41) is 11.7. The second-order valence-electron chi connectivity index (χ2n) is 5.32. The van der Waals surface area contributed by atoms with Crippen LogP contribution in [0.4, 0.5) is 0 Å². The van der Waals surface area contributed by atoms with Gasteiger partial charge < -0.3 is 10.1 Å². The molecule has 0 aliphatic carbocycles. The van der Waals surface area contributed by atoms with Crippen LogP contribution in [0.5, 0.6) is 5.75 Å². The van der Waals surface area contributed by atoms with Crippen molar-refractivity contribution in [1.82, 2.24) is 5.32 Å². The molecule has 128 valence electrons. The van der Waals surface area contributed by atoms with Crippen LogP contribution < -0.4 is 10.1 Å². The van der Waals surface area contributed by atoms with Crippen molar-refractivity contribution in [3.05, 3.63) is 64.7 Å². The van der Waals surface area contributed by atoms with Gasteiger partial charge in [-0.3, -0.25) is 4.79 Å². The van der Waals surface area contributed by atoms with E-state index in [1.54, 1.807) is 19.4 Å². The minimum absolute atomic E-state index is 0.0625. The van der Waals surface area contributed by atoms with Gasteiger partial charge in [0.1, 0.15) is 5.75 Å². The van der Waals surface area contributed by atoms with Crippen molar-refractivity contribution in [2.24, 2.45) is 10.2 Å². The van der Waals surface area contributed by atoms with Crippen LogP contribution >= 0.6 is 23.4 Å². The number of amidine groups is 1. The van der Waals surface area contributed by atoms with Gasteiger partial charge in [-0.2, -0.15) is 5.10 Å². The van der Waals surface area contributed by atoms with Gasteiger partial charge >= 0.3 is 0 Å². The third kappa shape index (κ3) is 4.61. The number of hydrogen-bond donors (Lipinski definition) is 1. The predicted molar refractivity (Wildman–Crippen MR) is 103 cm³/mol. The number of carbonyl (C=O) groups excluding carboxylic acids is 1. The highest BCUT2D eigenvalue weighted by atomic mass is 35.5. The van der Waals surface area contributed by atoms with Crippen molar-refractivity contribution in [3.63, 3.8) is 0 Å². The lowest BCUT2D eigenvalue weighted by Crippen LogP contribution is -2.25. The van der Waals surface area contributed by atoms with E-state index in [0.29, 0.717) is 16.6 Å². The van der Waals surface area contributed by atoms with E-state index in [1.807, 2.05) is 42.5 Å².